The molecule has 0 saturated heterocycles. The van der Waals surface area contributed by atoms with Crippen LogP contribution in [-0.2, 0) is 4.79 Å². The molecule has 0 atom stereocenters. The molecule has 0 aromatic heterocycles. The number of halogens is 1. The van der Waals surface area contributed by atoms with Crippen LogP contribution in [0.3, 0.4) is 0 Å². The molecule has 0 radical (unpaired) electrons. The maximum Gasteiger partial charge on any atom is 0.321 e. The third-order valence-corrected chi connectivity index (χ3v) is 4.37. The molecule has 1 aromatic rings. The molecule has 23 heavy (non-hydrogen) atoms. The second-order valence-corrected chi connectivity index (χ2v) is 6.35. The quantitative estimate of drug-likeness (QED) is 0.661. The van der Waals surface area contributed by atoms with Crippen molar-refractivity contribution >= 4 is 33.6 Å². The summed E-state index contributed by atoms with van der Waals surface area (Å²) in [5.41, 5.74) is 2.21. The molecule has 0 saturated carbocycles. The lowest BCUT2D eigenvalue weighted by molar-refractivity contribution is -0.118. The van der Waals surface area contributed by atoms with Crippen LogP contribution >= 0.6 is 15.9 Å². The maximum atomic E-state index is 11.7. The highest BCUT2D eigenvalue weighted by Crippen LogP contribution is 2.20. The lowest BCUT2D eigenvalue weighted by atomic mass is 9.97. The topological polar surface area (TPSA) is 70.2 Å². The number of carbonyl (C=O) groups is 2. The van der Waals surface area contributed by atoms with Crippen molar-refractivity contribution in [1.29, 1.82) is 0 Å². The molecule has 0 spiro atoms. The summed E-state index contributed by atoms with van der Waals surface area (Å²) in [6.45, 7) is 0.601. The van der Waals surface area contributed by atoms with Gasteiger partial charge in [0.15, 0.2) is 0 Å². The van der Waals surface area contributed by atoms with Gasteiger partial charge in [0.25, 0.3) is 0 Å². The summed E-state index contributed by atoms with van der Waals surface area (Å²) < 4.78 is 0.873. The molecule has 0 fully saturated rings. The summed E-state index contributed by atoms with van der Waals surface area (Å²) in [6.07, 6.45) is 7.87. The van der Waals surface area contributed by atoms with E-state index in [1.165, 1.54) is 18.4 Å². The first kappa shape index (κ1) is 17.5. The fourth-order valence-corrected chi connectivity index (χ4v) is 2.89. The number of imide groups is 1. The number of anilines is 1. The highest BCUT2D eigenvalue weighted by atomic mass is 79.9. The van der Waals surface area contributed by atoms with Crippen molar-refractivity contribution < 1.29 is 9.59 Å². The Morgan fingerprint density at radius 1 is 1.17 bits per heavy atom. The molecule has 6 heteroatoms. The van der Waals surface area contributed by atoms with Gasteiger partial charge in [-0.3, -0.25) is 10.1 Å². The van der Waals surface area contributed by atoms with Crippen LogP contribution in [0.4, 0.5) is 10.5 Å². The van der Waals surface area contributed by atoms with E-state index in [9.17, 15) is 9.59 Å². The second kappa shape index (κ2) is 9.35. The number of carbonyl (C=O) groups excluding carboxylic acids is 2. The van der Waals surface area contributed by atoms with Crippen molar-refractivity contribution in [2.45, 2.75) is 32.1 Å². The van der Waals surface area contributed by atoms with Crippen molar-refractivity contribution in [2.75, 3.05) is 18.4 Å². The summed E-state index contributed by atoms with van der Waals surface area (Å²) in [5, 5.41) is 8.02. The number of hydrogen-bond donors (Lipinski definition) is 3. The largest absolute Gasteiger partial charge is 0.375 e. The van der Waals surface area contributed by atoms with Crippen molar-refractivity contribution in [2.24, 2.45) is 0 Å². The van der Waals surface area contributed by atoms with E-state index < -0.39 is 6.03 Å². The van der Waals surface area contributed by atoms with Crippen LogP contribution in [0, 0.1) is 0 Å². The van der Waals surface area contributed by atoms with Gasteiger partial charge in [-0.05, 0) is 60.2 Å². The molecule has 5 nitrogen and oxygen atoms in total. The third-order valence-electron chi connectivity index (χ3n) is 3.68. The Morgan fingerprint density at radius 3 is 2.74 bits per heavy atom. The molecular formula is C17H22BrN3O2. The van der Waals surface area contributed by atoms with Crippen LogP contribution in [-0.4, -0.2) is 25.0 Å². The number of para-hydroxylation sites is 1. The Labute approximate surface area is 145 Å². The van der Waals surface area contributed by atoms with Gasteiger partial charge in [-0.15, -0.1) is 0 Å². The monoisotopic (exact) mass is 379 g/mol. The summed E-state index contributed by atoms with van der Waals surface area (Å²) in [6, 6.07) is 7.06. The van der Waals surface area contributed by atoms with Crippen molar-refractivity contribution in [3.05, 3.63) is 40.4 Å². The molecular weight excluding hydrogens is 358 g/mol. The molecule has 0 heterocycles. The van der Waals surface area contributed by atoms with E-state index in [0.29, 0.717) is 6.54 Å². The van der Waals surface area contributed by atoms with Crippen LogP contribution in [0.5, 0.6) is 0 Å². The Morgan fingerprint density at radius 2 is 2.00 bits per heavy atom. The molecule has 3 N–H and O–H groups in total. The zero-order chi connectivity index (χ0) is 16.5. The van der Waals surface area contributed by atoms with E-state index in [1.807, 2.05) is 24.3 Å². The number of rotatable bonds is 6. The average molecular weight is 380 g/mol. The predicted octanol–water partition coefficient (Wildman–Crippen LogP) is 3.58. The third kappa shape index (κ3) is 6.44. The van der Waals surface area contributed by atoms with E-state index in [2.05, 4.69) is 38.0 Å². The minimum Gasteiger partial charge on any atom is -0.375 e. The number of allylic oxidation sites excluding steroid dienone is 1. The van der Waals surface area contributed by atoms with Gasteiger partial charge in [0.1, 0.15) is 0 Å². The van der Waals surface area contributed by atoms with E-state index in [-0.39, 0.29) is 12.5 Å². The first-order valence-corrected chi connectivity index (χ1v) is 8.68. The first-order chi connectivity index (χ1) is 11.1. The molecule has 1 aliphatic rings. The van der Waals surface area contributed by atoms with Gasteiger partial charge < -0.3 is 10.6 Å². The summed E-state index contributed by atoms with van der Waals surface area (Å²) in [4.78, 5) is 23.4. The zero-order valence-electron chi connectivity index (χ0n) is 13.0. The first-order valence-electron chi connectivity index (χ1n) is 7.89. The molecule has 0 unspecified atom stereocenters. The Hall–Kier alpha value is -1.82. The van der Waals surface area contributed by atoms with Crippen LogP contribution in [0.25, 0.3) is 0 Å². The van der Waals surface area contributed by atoms with Gasteiger partial charge in [0.05, 0.1) is 6.54 Å². The summed E-state index contributed by atoms with van der Waals surface area (Å²) in [7, 11) is 0. The van der Waals surface area contributed by atoms with E-state index in [1.54, 1.807) is 0 Å². The van der Waals surface area contributed by atoms with Crippen LogP contribution in [0.1, 0.15) is 32.1 Å². The number of hydrogen-bond acceptors (Lipinski definition) is 3. The van der Waals surface area contributed by atoms with Crippen molar-refractivity contribution in [1.82, 2.24) is 10.6 Å². The molecule has 2 rings (SSSR count). The van der Waals surface area contributed by atoms with E-state index >= 15 is 0 Å². The second-order valence-electron chi connectivity index (χ2n) is 5.50. The minimum absolute atomic E-state index is 0.0428. The highest BCUT2D eigenvalue weighted by Gasteiger charge is 2.09. The maximum absolute atomic E-state index is 11.7. The van der Waals surface area contributed by atoms with Crippen LogP contribution in [0.2, 0.25) is 0 Å². The average Bonchev–Trinajstić information content (AvgIpc) is 2.55. The fraction of sp³-hybridized carbons (Fsp3) is 0.412. The molecule has 1 aliphatic carbocycles. The van der Waals surface area contributed by atoms with E-state index in [0.717, 1.165) is 29.4 Å². The number of urea groups is 1. The predicted molar refractivity (Wildman–Crippen MR) is 95.3 cm³/mol. The summed E-state index contributed by atoms with van der Waals surface area (Å²) >= 11 is 3.39. The molecule has 1 aromatic carbocycles. The lowest BCUT2D eigenvalue weighted by Gasteiger charge is -2.13. The SMILES string of the molecule is O=C(CNc1ccccc1Br)NC(=O)NCCC1=CCCCC1. The normalized spacial score (nSPS) is 13.9. The molecule has 3 amide bonds. The van der Waals surface area contributed by atoms with Gasteiger partial charge in [-0.2, -0.15) is 0 Å². The smallest absolute Gasteiger partial charge is 0.321 e. The number of amides is 3. The Balaban J connectivity index is 1.63. The fourth-order valence-electron chi connectivity index (χ4n) is 2.46. The number of benzene rings is 1. The van der Waals surface area contributed by atoms with Gasteiger partial charge in [-0.1, -0.05) is 23.8 Å². The van der Waals surface area contributed by atoms with Gasteiger partial charge in [0, 0.05) is 16.7 Å². The van der Waals surface area contributed by atoms with Gasteiger partial charge in [0.2, 0.25) is 5.91 Å². The van der Waals surface area contributed by atoms with Crippen LogP contribution in [0.15, 0.2) is 40.4 Å². The van der Waals surface area contributed by atoms with Gasteiger partial charge >= 0.3 is 6.03 Å². The van der Waals surface area contributed by atoms with Crippen LogP contribution < -0.4 is 16.0 Å². The van der Waals surface area contributed by atoms with E-state index in [4.69, 9.17) is 0 Å². The Bertz CT molecular complexity index is 587. The minimum atomic E-state index is -0.444. The van der Waals surface area contributed by atoms with Gasteiger partial charge in [-0.25, -0.2) is 4.79 Å². The lowest BCUT2D eigenvalue weighted by Crippen LogP contribution is -2.42. The zero-order valence-corrected chi connectivity index (χ0v) is 14.6. The van der Waals surface area contributed by atoms with Crippen molar-refractivity contribution in [3.8, 4) is 0 Å². The molecule has 124 valence electrons. The molecule has 0 aliphatic heterocycles. The molecule has 0 bridgehead atoms. The standard InChI is InChI=1S/C17H22BrN3O2/c18-14-8-4-5-9-15(14)20-12-16(22)21-17(23)19-11-10-13-6-2-1-3-7-13/h4-6,8-9,20H,1-3,7,10-12H2,(H2,19,21,22,23). The Kier molecular flexibility index (Phi) is 7.13. The number of nitrogens with one attached hydrogen (secondary N) is 3. The highest BCUT2D eigenvalue weighted by molar-refractivity contribution is 9.10. The van der Waals surface area contributed by atoms with Crippen molar-refractivity contribution in [3.63, 3.8) is 0 Å². The summed E-state index contributed by atoms with van der Waals surface area (Å²) in [5.74, 6) is -0.366.